The van der Waals surface area contributed by atoms with Crippen LogP contribution in [-0.2, 0) is 10.8 Å². The first-order chi connectivity index (χ1) is 49.8. The largest absolute Gasteiger partial charge is 0.457 e. The summed E-state index contributed by atoms with van der Waals surface area (Å²) < 4.78 is 88.0. The van der Waals surface area contributed by atoms with Crippen LogP contribution in [0, 0.1) is 96.9 Å². The Morgan fingerprint density at radius 1 is 0.190 bits per heavy atom. The highest BCUT2D eigenvalue weighted by molar-refractivity contribution is 5.71. The fraction of sp³-hybridized carbons (Fsp3) is 0.204. The zero-order valence-electron chi connectivity index (χ0n) is 63.7. The number of alkyl halides is 6. The zero-order chi connectivity index (χ0) is 76.5. The van der Waals surface area contributed by atoms with Crippen LogP contribution in [0.25, 0.3) is 33.4 Å². The van der Waals surface area contributed by atoms with Crippen LogP contribution in [-0.4, -0.2) is 12.4 Å². The average Bonchev–Trinajstić information content (AvgIpc) is 0.718. The molecule has 0 fully saturated rings. The highest BCUT2D eigenvalue weighted by Crippen LogP contribution is 2.56. The second-order valence-corrected chi connectivity index (χ2v) is 27.9. The molecule has 0 N–H and O–H groups in total. The second kappa shape index (κ2) is 38.1. The summed E-state index contributed by atoms with van der Waals surface area (Å²) in [5, 5.41) is 0. The molecule has 0 saturated heterocycles. The third-order valence-corrected chi connectivity index (χ3v) is 18.1. The predicted octanol–water partition coefficient (Wildman–Crippen LogP) is 28.7. The van der Waals surface area contributed by atoms with E-state index in [0.29, 0.717) is 11.1 Å². The molecule has 13 rings (SSSR count). The van der Waals surface area contributed by atoms with E-state index in [1.54, 1.807) is 13.8 Å². The maximum absolute atomic E-state index is 13.7. The van der Waals surface area contributed by atoms with Crippen LogP contribution in [0.1, 0.15) is 114 Å². The van der Waals surface area contributed by atoms with Gasteiger partial charge in [0.25, 0.3) is 0 Å². The maximum Gasteiger partial charge on any atom is 0.411 e. The van der Waals surface area contributed by atoms with Crippen molar-refractivity contribution in [2.75, 3.05) is 0 Å². The molecule has 0 amide bonds. The summed E-state index contributed by atoms with van der Waals surface area (Å²) in [6.45, 7) is 33.0. The van der Waals surface area contributed by atoms with Crippen molar-refractivity contribution >= 4 is 0 Å². The average molecular weight is 1410 g/mol. The molecular weight excluding hydrogens is 1310 g/mol. The van der Waals surface area contributed by atoms with E-state index in [0.717, 1.165) is 35.8 Å². The lowest BCUT2D eigenvalue weighted by Crippen LogP contribution is -2.54. The molecule has 105 heavy (non-hydrogen) atoms. The van der Waals surface area contributed by atoms with Crippen molar-refractivity contribution in [3.63, 3.8) is 0 Å². The van der Waals surface area contributed by atoms with Gasteiger partial charge in [-0.05, 0) is 177 Å². The molecular formula is C98H100F6O. The smallest absolute Gasteiger partial charge is 0.411 e. The first kappa shape index (κ1) is 81.5. The first-order valence-electron chi connectivity index (χ1n) is 35.5. The van der Waals surface area contributed by atoms with Crippen molar-refractivity contribution in [2.45, 2.75) is 134 Å². The van der Waals surface area contributed by atoms with E-state index in [9.17, 15) is 26.3 Å². The summed E-state index contributed by atoms with van der Waals surface area (Å²) in [6.07, 6.45) is -11.1. The number of ether oxygens (including phenoxy) is 1. The minimum atomic E-state index is -5.53. The van der Waals surface area contributed by atoms with Crippen LogP contribution in [0.15, 0.2) is 315 Å². The third kappa shape index (κ3) is 24.7. The van der Waals surface area contributed by atoms with Gasteiger partial charge in [-0.3, -0.25) is 0 Å². The predicted molar refractivity (Wildman–Crippen MR) is 432 cm³/mol. The Kier molecular flexibility index (Phi) is 29.6. The fourth-order valence-electron chi connectivity index (χ4n) is 11.3. The number of hydrogen-bond acceptors (Lipinski definition) is 1. The van der Waals surface area contributed by atoms with Crippen molar-refractivity contribution < 1.29 is 31.1 Å². The van der Waals surface area contributed by atoms with Crippen LogP contribution in [0.5, 0.6) is 11.5 Å². The molecule has 0 unspecified atom stereocenters. The Morgan fingerprint density at radius 2 is 0.352 bits per heavy atom. The molecule has 0 atom stereocenters. The van der Waals surface area contributed by atoms with Crippen LogP contribution >= 0.6 is 0 Å². The van der Waals surface area contributed by atoms with E-state index in [1.807, 2.05) is 48.5 Å². The molecule has 0 aliphatic rings. The quantitative estimate of drug-likeness (QED) is 0.131. The van der Waals surface area contributed by atoms with Gasteiger partial charge in [0.15, 0.2) is 0 Å². The van der Waals surface area contributed by atoms with Gasteiger partial charge in [0, 0.05) is 5.41 Å². The summed E-state index contributed by atoms with van der Waals surface area (Å²) in [7, 11) is 0. The Hall–Kier alpha value is -10.8. The Bertz CT molecular complexity index is 4390. The third-order valence-electron chi connectivity index (χ3n) is 18.1. The number of halogens is 6. The Balaban J connectivity index is 0.000000175. The van der Waals surface area contributed by atoms with Crippen LogP contribution in [0.3, 0.4) is 0 Å². The van der Waals surface area contributed by atoms with Crippen molar-refractivity contribution in [1.29, 1.82) is 0 Å². The summed E-state index contributed by atoms with van der Waals surface area (Å²) >= 11 is 0. The van der Waals surface area contributed by atoms with Crippen molar-refractivity contribution in [1.82, 2.24) is 0 Å². The van der Waals surface area contributed by atoms with Crippen LogP contribution in [0.4, 0.5) is 26.3 Å². The molecule has 0 spiro atoms. The topological polar surface area (TPSA) is 9.23 Å². The van der Waals surface area contributed by atoms with Crippen LogP contribution < -0.4 is 4.74 Å². The molecule has 0 aliphatic carbocycles. The molecule has 0 radical (unpaired) electrons. The van der Waals surface area contributed by atoms with Crippen molar-refractivity contribution in [3.8, 4) is 44.9 Å². The van der Waals surface area contributed by atoms with E-state index in [2.05, 4.69) is 315 Å². The van der Waals surface area contributed by atoms with Gasteiger partial charge in [-0.15, -0.1) is 0 Å². The molecule has 13 aromatic rings. The molecule has 0 bridgehead atoms. The Labute approximate surface area is 622 Å². The van der Waals surface area contributed by atoms with E-state index >= 15 is 0 Å². The lowest BCUT2D eigenvalue weighted by Gasteiger charge is -2.38. The van der Waals surface area contributed by atoms with E-state index in [-0.39, 0.29) is 5.41 Å². The van der Waals surface area contributed by atoms with Gasteiger partial charge in [-0.2, -0.15) is 26.3 Å². The molecule has 1 nitrogen and oxygen atoms in total. The monoisotopic (exact) mass is 1410 g/mol. The first-order valence-corrected chi connectivity index (χ1v) is 35.5. The van der Waals surface area contributed by atoms with E-state index in [1.165, 1.54) is 136 Å². The molecule has 540 valence electrons. The Morgan fingerprint density at radius 3 is 0.533 bits per heavy atom. The summed E-state index contributed by atoms with van der Waals surface area (Å²) in [5.74, 6) is 1.76. The van der Waals surface area contributed by atoms with Gasteiger partial charge in [0.2, 0.25) is 5.41 Å². The molecule has 0 aliphatic heterocycles. The summed E-state index contributed by atoms with van der Waals surface area (Å²) in [6, 6.07) is 103. The maximum atomic E-state index is 13.7. The molecule has 0 aromatic heterocycles. The van der Waals surface area contributed by atoms with Gasteiger partial charge in [0.1, 0.15) is 11.5 Å². The van der Waals surface area contributed by atoms with Crippen molar-refractivity contribution in [3.05, 3.63) is 416 Å². The summed E-state index contributed by atoms with van der Waals surface area (Å²) in [4.78, 5) is 0. The van der Waals surface area contributed by atoms with Gasteiger partial charge < -0.3 is 4.74 Å². The highest BCUT2D eigenvalue weighted by atomic mass is 19.4. The fourth-order valence-corrected chi connectivity index (χ4v) is 11.3. The number of hydrogen-bond donors (Lipinski definition) is 0. The SMILES string of the molecule is Cc1ccc(-c2ccc(-c3ccc(C)cc3)cc2)cc1.Cc1ccc(-c2ccc(C)cc2)cc1.Cc1ccc(C(C)(C)c2ccc(C)cc2)cc1.Cc1ccc(C(c2ccc(C)cc2)(C(F)(F)F)C(F)(F)F)cc1.Cc1ccc(C)cc1.Cc1ccc(Oc2ccc(C)cc2)cc1.Cc1cccc(C)c1. The molecule has 0 saturated carbocycles. The van der Waals surface area contributed by atoms with Gasteiger partial charge in [-0.1, -0.05) is 383 Å². The lowest BCUT2D eigenvalue weighted by molar-refractivity contribution is -0.288. The summed E-state index contributed by atoms with van der Waals surface area (Å²) in [5.41, 5.74) is 21.5. The molecule has 13 aromatic carbocycles. The van der Waals surface area contributed by atoms with Crippen molar-refractivity contribution in [2.24, 2.45) is 0 Å². The second-order valence-electron chi connectivity index (χ2n) is 27.9. The normalized spacial score (nSPS) is 11.0. The standard InChI is InChI=1S/C20H18.C17H14F6.C17H20.C14H14O.C14H14.2C8H10/c1-15-3-7-17(8-4-15)19-11-13-20(14-12-19)18-9-5-16(2)6-10-18;1-11-3-7-13(8-4-11)15(16(18,19)20,17(21,22)23)14-9-5-12(2)6-10-14;1-13-5-9-15(10-6-13)17(3,4)16-11-7-14(2)8-12-16;1-11-3-7-13(8-4-11)15-14-9-5-12(2)6-10-14;1-11-3-7-13(8-4-11)14-9-5-12(2)6-10-14;1-7-3-5-8(2)6-4-7;1-7-4-3-5-8(2)6-7/h3-14H,1-2H3;3-10H,1-2H3;5-12H,1-4H3;3-10H,1-2H3;3-10H,1-2H3;2*3-6H,1-2H3. The number of benzene rings is 13. The van der Waals surface area contributed by atoms with Crippen LogP contribution in [0.2, 0.25) is 0 Å². The van der Waals surface area contributed by atoms with E-state index < -0.39 is 28.9 Å². The van der Waals surface area contributed by atoms with Gasteiger partial charge in [0.05, 0.1) is 0 Å². The minimum absolute atomic E-state index is 0.0708. The van der Waals surface area contributed by atoms with Gasteiger partial charge >= 0.3 is 12.4 Å². The van der Waals surface area contributed by atoms with E-state index in [4.69, 9.17) is 4.74 Å². The molecule has 7 heteroatoms. The number of aryl methyl sites for hydroxylation is 14. The highest BCUT2D eigenvalue weighted by Gasteiger charge is 2.72. The lowest BCUT2D eigenvalue weighted by atomic mass is 9.72. The van der Waals surface area contributed by atoms with Gasteiger partial charge in [-0.25, -0.2) is 0 Å². The minimum Gasteiger partial charge on any atom is -0.457 e. The molecule has 0 heterocycles. The number of rotatable bonds is 9. The zero-order valence-corrected chi connectivity index (χ0v) is 63.7.